The number of carbonyl (C=O) groups excluding carboxylic acids is 3. The zero-order valence-corrected chi connectivity index (χ0v) is 17.9. The number of esters is 3. The van der Waals surface area contributed by atoms with E-state index in [1.807, 2.05) is 6.92 Å². The van der Waals surface area contributed by atoms with Crippen LogP contribution < -0.4 is 9.47 Å². The van der Waals surface area contributed by atoms with Gasteiger partial charge in [-0.15, -0.1) is 0 Å². The molecule has 1 saturated heterocycles. The van der Waals surface area contributed by atoms with Crippen LogP contribution in [-0.2, 0) is 19.1 Å². The quantitative estimate of drug-likeness (QED) is 0.349. The van der Waals surface area contributed by atoms with E-state index in [9.17, 15) is 14.4 Å². The number of hydrogen-bond donors (Lipinski definition) is 0. The minimum atomic E-state index is -0.512. The van der Waals surface area contributed by atoms with E-state index >= 15 is 0 Å². The number of rotatable bonds is 8. The maximum absolute atomic E-state index is 12.4. The molecule has 3 rings (SSSR count). The van der Waals surface area contributed by atoms with Gasteiger partial charge in [-0.1, -0.05) is 25.6 Å². The third-order valence-corrected chi connectivity index (χ3v) is 4.89. The molecule has 2 atom stereocenters. The van der Waals surface area contributed by atoms with Crippen molar-refractivity contribution in [2.24, 2.45) is 0 Å². The molecule has 0 aromatic heterocycles. The summed E-state index contributed by atoms with van der Waals surface area (Å²) in [7, 11) is 1.31. The summed E-state index contributed by atoms with van der Waals surface area (Å²) >= 11 is 0. The Labute approximate surface area is 186 Å². The predicted octanol–water partition coefficient (Wildman–Crippen LogP) is 4.12. The molecular formula is C25H24O7. The Morgan fingerprint density at radius 3 is 2.34 bits per heavy atom. The van der Waals surface area contributed by atoms with Crippen LogP contribution in [0.25, 0.3) is 6.08 Å². The smallest absolute Gasteiger partial charge is 0.343 e. The fourth-order valence-corrected chi connectivity index (χ4v) is 3.11. The highest BCUT2D eigenvalue weighted by atomic mass is 16.6. The second-order valence-electron chi connectivity index (χ2n) is 7.16. The van der Waals surface area contributed by atoms with Gasteiger partial charge >= 0.3 is 17.9 Å². The van der Waals surface area contributed by atoms with Crippen molar-refractivity contribution in [2.75, 3.05) is 7.11 Å². The van der Waals surface area contributed by atoms with E-state index in [0.717, 1.165) is 5.56 Å². The summed E-state index contributed by atoms with van der Waals surface area (Å²) in [6.45, 7) is 5.64. The molecule has 0 saturated carbocycles. The van der Waals surface area contributed by atoms with Gasteiger partial charge in [0.1, 0.15) is 23.7 Å². The summed E-state index contributed by atoms with van der Waals surface area (Å²) < 4.78 is 21.2. The van der Waals surface area contributed by atoms with Gasteiger partial charge in [0.05, 0.1) is 12.7 Å². The van der Waals surface area contributed by atoms with Gasteiger partial charge in [-0.25, -0.2) is 14.4 Å². The van der Waals surface area contributed by atoms with E-state index in [1.54, 1.807) is 54.6 Å². The third-order valence-electron chi connectivity index (χ3n) is 4.89. The highest BCUT2D eigenvalue weighted by molar-refractivity contribution is 5.91. The number of methoxy groups -OCH3 is 1. The van der Waals surface area contributed by atoms with E-state index in [0.29, 0.717) is 35.5 Å². The highest BCUT2D eigenvalue weighted by Gasteiger charge is 2.34. The zero-order valence-electron chi connectivity index (χ0n) is 17.9. The summed E-state index contributed by atoms with van der Waals surface area (Å²) in [6.07, 6.45) is 3.33. The van der Waals surface area contributed by atoms with Crippen LogP contribution in [0, 0.1) is 0 Å². The van der Waals surface area contributed by atoms with Crippen LogP contribution in [0.1, 0.15) is 35.7 Å². The maximum atomic E-state index is 12.4. The molecule has 2 aromatic rings. The Balaban J connectivity index is 1.57. The van der Waals surface area contributed by atoms with Gasteiger partial charge in [0.2, 0.25) is 0 Å². The second-order valence-corrected chi connectivity index (χ2v) is 7.16. The summed E-state index contributed by atoms with van der Waals surface area (Å²) in [4.78, 5) is 35.1. The number of hydrogen-bond acceptors (Lipinski definition) is 7. The molecule has 1 fully saturated rings. The van der Waals surface area contributed by atoms with Gasteiger partial charge in [-0.2, -0.15) is 0 Å². The molecule has 7 nitrogen and oxygen atoms in total. The lowest BCUT2D eigenvalue weighted by atomic mass is 10.1. The largest absolute Gasteiger partial charge is 0.487 e. The minimum Gasteiger partial charge on any atom is -0.487 e. The molecule has 166 valence electrons. The van der Waals surface area contributed by atoms with Crippen LogP contribution in [0.4, 0.5) is 0 Å². The van der Waals surface area contributed by atoms with Crippen molar-refractivity contribution in [1.82, 2.24) is 0 Å². The van der Waals surface area contributed by atoms with E-state index in [-0.39, 0.29) is 18.2 Å². The van der Waals surface area contributed by atoms with Crippen molar-refractivity contribution in [3.8, 4) is 11.5 Å². The van der Waals surface area contributed by atoms with E-state index in [2.05, 4.69) is 11.3 Å². The van der Waals surface area contributed by atoms with Crippen LogP contribution in [-0.4, -0.2) is 37.2 Å². The van der Waals surface area contributed by atoms with Gasteiger partial charge in [0, 0.05) is 18.1 Å². The Morgan fingerprint density at radius 2 is 1.78 bits per heavy atom. The Hall–Kier alpha value is -3.87. The van der Waals surface area contributed by atoms with Gasteiger partial charge in [-0.05, 0) is 54.5 Å². The van der Waals surface area contributed by atoms with Crippen LogP contribution in [0.2, 0.25) is 0 Å². The fourth-order valence-electron chi connectivity index (χ4n) is 3.11. The lowest BCUT2D eigenvalue weighted by Crippen LogP contribution is -2.31. The van der Waals surface area contributed by atoms with Crippen molar-refractivity contribution >= 4 is 24.0 Å². The molecule has 1 aliphatic heterocycles. The Kier molecular flexibility index (Phi) is 7.44. The minimum absolute atomic E-state index is 0.303. The SMILES string of the molecule is C=C1CC(C(CC)Oc2ccc(C(=O)Oc3ccc(/C=C/C(=O)OC)cc3)cc2)OC1=O. The first kappa shape index (κ1) is 22.8. The molecular weight excluding hydrogens is 412 g/mol. The fraction of sp³-hybridized carbons (Fsp3) is 0.240. The lowest BCUT2D eigenvalue weighted by Gasteiger charge is -2.22. The number of benzene rings is 2. The first-order valence-corrected chi connectivity index (χ1v) is 10.1. The molecule has 0 spiro atoms. The monoisotopic (exact) mass is 436 g/mol. The average molecular weight is 436 g/mol. The summed E-state index contributed by atoms with van der Waals surface area (Å²) in [5.41, 5.74) is 1.57. The summed E-state index contributed by atoms with van der Waals surface area (Å²) in [5.74, 6) is -0.415. The Morgan fingerprint density at radius 1 is 1.12 bits per heavy atom. The lowest BCUT2D eigenvalue weighted by molar-refractivity contribution is -0.142. The number of cyclic esters (lactones) is 1. The van der Waals surface area contributed by atoms with Crippen LogP contribution >= 0.6 is 0 Å². The van der Waals surface area contributed by atoms with Crippen molar-refractivity contribution in [3.05, 3.63) is 77.9 Å². The molecule has 2 aromatic carbocycles. The van der Waals surface area contributed by atoms with Crippen molar-refractivity contribution in [3.63, 3.8) is 0 Å². The van der Waals surface area contributed by atoms with Crippen molar-refractivity contribution < 1.29 is 33.3 Å². The second kappa shape index (κ2) is 10.4. The van der Waals surface area contributed by atoms with Crippen molar-refractivity contribution in [2.45, 2.75) is 32.0 Å². The molecule has 1 aliphatic rings. The van der Waals surface area contributed by atoms with Crippen LogP contribution in [0.5, 0.6) is 11.5 Å². The average Bonchev–Trinajstić information content (AvgIpc) is 3.15. The standard InChI is InChI=1S/C25H24O7/c1-4-21(22-15-16(2)24(27)32-22)30-19-12-8-18(9-13-19)25(28)31-20-10-5-17(6-11-20)7-14-23(26)29-3/h5-14,21-22H,2,4,15H2,1,3H3/b14-7+. The van der Waals surface area contributed by atoms with Crippen LogP contribution in [0.3, 0.4) is 0 Å². The molecule has 0 bridgehead atoms. The summed E-state index contributed by atoms with van der Waals surface area (Å²) in [5, 5.41) is 0. The topological polar surface area (TPSA) is 88.1 Å². The maximum Gasteiger partial charge on any atom is 0.343 e. The van der Waals surface area contributed by atoms with Gasteiger partial charge in [0.15, 0.2) is 0 Å². The molecule has 0 N–H and O–H groups in total. The Bertz CT molecular complexity index is 1000. The molecule has 7 heteroatoms. The van der Waals surface area contributed by atoms with Gasteiger partial charge in [-0.3, -0.25) is 0 Å². The van der Waals surface area contributed by atoms with E-state index < -0.39 is 11.9 Å². The molecule has 2 unspecified atom stereocenters. The van der Waals surface area contributed by atoms with Gasteiger partial charge in [0.25, 0.3) is 0 Å². The number of carbonyl (C=O) groups is 3. The molecule has 0 amide bonds. The van der Waals surface area contributed by atoms with E-state index in [4.69, 9.17) is 14.2 Å². The van der Waals surface area contributed by atoms with Gasteiger partial charge < -0.3 is 18.9 Å². The highest BCUT2D eigenvalue weighted by Crippen LogP contribution is 2.26. The first-order valence-electron chi connectivity index (χ1n) is 10.1. The zero-order chi connectivity index (χ0) is 23.1. The molecule has 32 heavy (non-hydrogen) atoms. The van der Waals surface area contributed by atoms with Crippen molar-refractivity contribution in [1.29, 1.82) is 0 Å². The van der Waals surface area contributed by atoms with E-state index in [1.165, 1.54) is 13.2 Å². The first-order chi connectivity index (χ1) is 15.4. The predicted molar refractivity (Wildman–Crippen MR) is 117 cm³/mol. The number of ether oxygens (including phenoxy) is 4. The summed E-state index contributed by atoms with van der Waals surface area (Å²) in [6, 6.07) is 13.3. The molecule has 1 heterocycles. The van der Waals surface area contributed by atoms with Crippen LogP contribution in [0.15, 0.2) is 66.8 Å². The third kappa shape index (κ3) is 5.85. The molecule has 0 radical (unpaired) electrons. The normalized spacial score (nSPS) is 16.5. The molecule has 0 aliphatic carbocycles.